The first-order valence-electron chi connectivity index (χ1n) is 7.23. The molecule has 2 heterocycles. The number of aromatic nitrogens is 1. The van der Waals surface area contributed by atoms with Crippen molar-refractivity contribution in [2.75, 3.05) is 33.3 Å². The first kappa shape index (κ1) is 15.4. The molecule has 1 aliphatic rings. The molecule has 20 heavy (non-hydrogen) atoms. The van der Waals surface area contributed by atoms with Crippen LogP contribution in [0.4, 0.5) is 4.39 Å². The monoisotopic (exact) mass is 281 g/mol. The smallest absolute Gasteiger partial charge is 0.141 e. The van der Waals surface area contributed by atoms with E-state index in [1.165, 1.54) is 12.3 Å². The Morgan fingerprint density at radius 1 is 1.55 bits per heavy atom. The normalized spacial score (nSPS) is 23.5. The van der Waals surface area contributed by atoms with E-state index in [2.05, 4.69) is 29.0 Å². The second-order valence-corrected chi connectivity index (χ2v) is 5.59. The van der Waals surface area contributed by atoms with Gasteiger partial charge in [0.05, 0.1) is 30.6 Å². The van der Waals surface area contributed by atoms with E-state index in [0.29, 0.717) is 12.0 Å². The second kappa shape index (κ2) is 7.11. The largest absolute Gasteiger partial charge is 0.376 e. The van der Waals surface area contributed by atoms with Crippen molar-refractivity contribution in [1.82, 2.24) is 15.2 Å². The summed E-state index contributed by atoms with van der Waals surface area (Å²) < 4.78 is 18.5. The van der Waals surface area contributed by atoms with Gasteiger partial charge in [-0.25, -0.2) is 4.39 Å². The van der Waals surface area contributed by atoms with Gasteiger partial charge in [0, 0.05) is 19.6 Å². The van der Waals surface area contributed by atoms with Crippen LogP contribution in [0.15, 0.2) is 18.3 Å². The quantitative estimate of drug-likeness (QED) is 0.893. The second-order valence-electron chi connectivity index (χ2n) is 5.59. The molecule has 2 rings (SSSR count). The molecule has 0 saturated carbocycles. The van der Waals surface area contributed by atoms with Gasteiger partial charge in [0.2, 0.25) is 0 Å². The van der Waals surface area contributed by atoms with Crippen molar-refractivity contribution >= 4 is 0 Å². The van der Waals surface area contributed by atoms with Crippen LogP contribution in [-0.2, 0) is 4.74 Å². The molecular formula is C15H24FN3O. The standard InChI is InChI=1S/C15H24FN3O/c1-11(9-19-6-7-20-12(2)10-19)15(17-3)14-5-4-13(16)8-18-14/h4-5,8,11-12,15,17H,6-7,9-10H2,1-3H3. The predicted octanol–water partition coefficient (Wildman–Crippen LogP) is 1.84. The lowest BCUT2D eigenvalue weighted by atomic mass is 9.97. The minimum Gasteiger partial charge on any atom is -0.376 e. The Hall–Kier alpha value is -1.04. The molecule has 1 saturated heterocycles. The SMILES string of the molecule is CNC(c1ccc(F)cn1)C(C)CN1CCOC(C)C1. The molecule has 0 bridgehead atoms. The fraction of sp³-hybridized carbons (Fsp3) is 0.667. The molecule has 0 amide bonds. The third-order valence-corrected chi connectivity index (χ3v) is 3.82. The van der Waals surface area contributed by atoms with Crippen LogP contribution in [-0.4, -0.2) is 49.3 Å². The zero-order valence-electron chi connectivity index (χ0n) is 12.5. The third-order valence-electron chi connectivity index (χ3n) is 3.82. The molecule has 1 aromatic rings. The molecule has 3 unspecified atom stereocenters. The van der Waals surface area contributed by atoms with Crippen molar-refractivity contribution < 1.29 is 9.13 Å². The van der Waals surface area contributed by atoms with Gasteiger partial charge >= 0.3 is 0 Å². The van der Waals surface area contributed by atoms with Gasteiger partial charge in [-0.3, -0.25) is 9.88 Å². The Bertz CT molecular complexity index is 412. The van der Waals surface area contributed by atoms with E-state index < -0.39 is 0 Å². The average molecular weight is 281 g/mol. The molecular weight excluding hydrogens is 257 g/mol. The number of nitrogens with zero attached hydrogens (tertiary/aromatic N) is 2. The average Bonchev–Trinajstić information content (AvgIpc) is 2.42. The van der Waals surface area contributed by atoms with Crippen LogP contribution in [0.5, 0.6) is 0 Å². The highest BCUT2D eigenvalue weighted by Gasteiger charge is 2.24. The zero-order chi connectivity index (χ0) is 14.5. The van der Waals surface area contributed by atoms with E-state index >= 15 is 0 Å². The maximum absolute atomic E-state index is 13.0. The summed E-state index contributed by atoms with van der Waals surface area (Å²) in [6.45, 7) is 8.03. The summed E-state index contributed by atoms with van der Waals surface area (Å²) in [6.07, 6.45) is 1.58. The number of rotatable bonds is 5. The van der Waals surface area contributed by atoms with Crippen LogP contribution in [0.1, 0.15) is 25.6 Å². The first-order valence-corrected chi connectivity index (χ1v) is 7.23. The molecule has 0 aromatic carbocycles. The van der Waals surface area contributed by atoms with Crippen molar-refractivity contribution in [3.63, 3.8) is 0 Å². The topological polar surface area (TPSA) is 37.4 Å². The zero-order valence-corrected chi connectivity index (χ0v) is 12.5. The number of hydrogen-bond acceptors (Lipinski definition) is 4. The van der Waals surface area contributed by atoms with E-state index in [4.69, 9.17) is 4.74 Å². The van der Waals surface area contributed by atoms with Gasteiger partial charge in [0.25, 0.3) is 0 Å². The number of ether oxygens (including phenoxy) is 1. The number of pyridine rings is 1. The number of halogens is 1. The summed E-state index contributed by atoms with van der Waals surface area (Å²) in [5, 5.41) is 3.30. The summed E-state index contributed by atoms with van der Waals surface area (Å²) >= 11 is 0. The molecule has 1 aliphatic heterocycles. The highest BCUT2D eigenvalue weighted by atomic mass is 19.1. The van der Waals surface area contributed by atoms with E-state index in [1.807, 2.05) is 7.05 Å². The van der Waals surface area contributed by atoms with Gasteiger partial charge in [-0.2, -0.15) is 0 Å². The number of nitrogens with one attached hydrogen (secondary N) is 1. The maximum Gasteiger partial charge on any atom is 0.141 e. The Kier molecular flexibility index (Phi) is 5.46. The van der Waals surface area contributed by atoms with E-state index in [1.54, 1.807) is 6.07 Å². The Morgan fingerprint density at radius 2 is 2.35 bits per heavy atom. The molecule has 4 nitrogen and oxygen atoms in total. The molecule has 112 valence electrons. The van der Waals surface area contributed by atoms with Crippen molar-refractivity contribution in [3.8, 4) is 0 Å². The third kappa shape index (κ3) is 3.98. The van der Waals surface area contributed by atoms with Crippen molar-refractivity contribution in [3.05, 3.63) is 29.8 Å². The molecule has 5 heteroatoms. The van der Waals surface area contributed by atoms with Gasteiger partial charge in [-0.15, -0.1) is 0 Å². The minimum absolute atomic E-state index is 0.133. The van der Waals surface area contributed by atoms with Crippen LogP contribution in [0.3, 0.4) is 0 Å². The van der Waals surface area contributed by atoms with Gasteiger partial charge in [-0.1, -0.05) is 6.92 Å². The lowest BCUT2D eigenvalue weighted by Crippen LogP contribution is -2.44. The fourth-order valence-corrected chi connectivity index (χ4v) is 2.86. The summed E-state index contributed by atoms with van der Waals surface area (Å²) in [7, 11) is 1.92. The van der Waals surface area contributed by atoms with Crippen LogP contribution >= 0.6 is 0 Å². The van der Waals surface area contributed by atoms with Gasteiger partial charge in [-0.05, 0) is 32.0 Å². The maximum atomic E-state index is 13.0. The Balaban J connectivity index is 1.97. The molecule has 0 spiro atoms. The highest BCUT2D eigenvalue weighted by molar-refractivity contribution is 5.11. The van der Waals surface area contributed by atoms with Crippen LogP contribution < -0.4 is 5.32 Å². The lowest BCUT2D eigenvalue weighted by molar-refractivity contribution is -0.0238. The molecule has 1 aromatic heterocycles. The fourth-order valence-electron chi connectivity index (χ4n) is 2.86. The summed E-state index contributed by atoms with van der Waals surface area (Å²) in [5.74, 6) is 0.0986. The van der Waals surface area contributed by atoms with E-state index in [0.717, 1.165) is 31.9 Å². The predicted molar refractivity (Wildman–Crippen MR) is 77.0 cm³/mol. The Morgan fingerprint density at radius 3 is 2.95 bits per heavy atom. The van der Waals surface area contributed by atoms with Crippen LogP contribution in [0, 0.1) is 11.7 Å². The molecule has 0 radical (unpaired) electrons. The summed E-state index contributed by atoms with van der Waals surface area (Å²) in [6, 6.07) is 3.36. The van der Waals surface area contributed by atoms with Gasteiger partial charge in [0.15, 0.2) is 0 Å². The van der Waals surface area contributed by atoms with Crippen LogP contribution in [0.2, 0.25) is 0 Å². The van der Waals surface area contributed by atoms with Crippen LogP contribution in [0.25, 0.3) is 0 Å². The first-order chi connectivity index (χ1) is 9.60. The Labute approximate surface area is 120 Å². The summed E-state index contributed by atoms with van der Waals surface area (Å²) in [5.41, 5.74) is 0.891. The molecule has 1 fully saturated rings. The lowest BCUT2D eigenvalue weighted by Gasteiger charge is -2.34. The minimum atomic E-state index is -0.293. The van der Waals surface area contributed by atoms with Crippen molar-refractivity contribution in [1.29, 1.82) is 0 Å². The molecule has 1 N–H and O–H groups in total. The van der Waals surface area contributed by atoms with Gasteiger partial charge in [0.1, 0.15) is 5.82 Å². The number of hydrogen-bond donors (Lipinski definition) is 1. The van der Waals surface area contributed by atoms with E-state index in [-0.39, 0.29) is 11.9 Å². The highest BCUT2D eigenvalue weighted by Crippen LogP contribution is 2.21. The van der Waals surface area contributed by atoms with Gasteiger partial charge < -0.3 is 10.1 Å². The van der Waals surface area contributed by atoms with E-state index in [9.17, 15) is 4.39 Å². The molecule has 0 aliphatic carbocycles. The number of morpholine rings is 1. The summed E-state index contributed by atoms with van der Waals surface area (Å²) in [4.78, 5) is 6.62. The molecule has 3 atom stereocenters. The van der Waals surface area contributed by atoms with Crippen molar-refractivity contribution in [2.24, 2.45) is 5.92 Å². The van der Waals surface area contributed by atoms with Crippen molar-refractivity contribution in [2.45, 2.75) is 26.0 Å².